The molecule has 1 aliphatic heterocycles. The largest absolute Gasteiger partial charge is 0.464 e. The van der Waals surface area contributed by atoms with Gasteiger partial charge in [-0.1, -0.05) is 11.3 Å². The Kier molecular flexibility index (Phi) is 5.33. The molecule has 5 rings (SSSR count). The van der Waals surface area contributed by atoms with Gasteiger partial charge in [-0.05, 0) is 38.1 Å². The van der Waals surface area contributed by atoms with Gasteiger partial charge in [0, 0.05) is 55.8 Å². The molecule has 0 bridgehead atoms. The molecule has 3 aromatic heterocycles. The number of nitrogens with zero attached hydrogens (tertiary/aromatic N) is 4. The van der Waals surface area contributed by atoms with Crippen LogP contribution in [0.1, 0.15) is 25.3 Å². The van der Waals surface area contributed by atoms with Gasteiger partial charge in [-0.3, -0.25) is 14.7 Å². The van der Waals surface area contributed by atoms with E-state index in [0.717, 1.165) is 59.2 Å². The summed E-state index contributed by atoms with van der Waals surface area (Å²) in [6.07, 6.45) is 7.45. The second-order valence-corrected chi connectivity index (χ2v) is 9.04. The summed E-state index contributed by atoms with van der Waals surface area (Å²) in [6.45, 7) is 4.16. The van der Waals surface area contributed by atoms with Gasteiger partial charge in [0.25, 0.3) is 5.19 Å². The molecule has 1 fully saturated rings. The summed E-state index contributed by atoms with van der Waals surface area (Å²) in [5, 5.41) is 1.66. The van der Waals surface area contributed by atoms with Crippen LogP contribution in [0.5, 0.6) is 10.9 Å². The molecular weight excluding hydrogens is 412 g/mol. The first-order valence-corrected chi connectivity index (χ1v) is 11.2. The Balaban J connectivity index is 1.28. The standard InChI is InChI=1S/C23H24N4O3S/c1-15(28)27-9-3-4-17(27)13-26(2)12-16-14-29-21-10-18(5-6-19(16)21)30-23-25-20-11-24-8-7-22(20)31-23/h5-8,10-11,14,17H,3-4,9,12-13H2,1-2H3. The lowest BCUT2D eigenvalue weighted by Crippen LogP contribution is -2.40. The lowest BCUT2D eigenvalue weighted by Gasteiger charge is -2.27. The molecule has 31 heavy (non-hydrogen) atoms. The molecule has 1 unspecified atom stereocenters. The molecule has 0 radical (unpaired) electrons. The highest BCUT2D eigenvalue weighted by Crippen LogP contribution is 2.33. The highest BCUT2D eigenvalue weighted by atomic mass is 32.1. The van der Waals surface area contributed by atoms with E-state index in [1.165, 1.54) is 11.3 Å². The average Bonchev–Trinajstić information content (AvgIpc) is 3.46. The van der Waals surface area contributed by atoms with Crippen LogP contribution in [0.25, 0.3) is 21.2 Å². The zero-order valence-corrected chi connectivity index (χ0v) is 18.4. The van der Waals surface area contributed by atoms with E-state index in [-0.39, 0.29) is 5.91 Å². The van der Waals surface area contributed by atoms with Gasteiger partial charge in [-0.2, -0.15) is 0 Å². The minimum atomic E-state index is 0.168. The Morgan fingerprint density at radius 1 is 1.39 bits per heavy atom. The number of furan rings is 1. The molecule has 1 aromatic carbocycles. The molecule has 8 heteroatoms. The predicted octanol–water partition coefficient (Wildman–Crippen LogP) is 4.67. The van der Waals surface area contributed by atoms with E-state index < -0.39 is 0 Å². The van der Waals surface area contributed by atoms with Crippen molar-refractivity contribution in [1.29, 1.82) is 0 Å². The average molecular weight is 437 g/mol. The number of likely N-dealkylation sites (N-methyl/N-ethyl adjacent to an activating group) is 1. The first-order valence-electron chi connectivity index (χ1n) is 10.4. The van der Waals surface area contributed by atoms with Crippen LogP contribution >= 0.6 is 11.3 Å². The fourth-order valence-corrected chi connectivity index (χ4v) is 5.11. The molecule has 1 atom stereocenters. The van der Waals surface area contributed by atoms with E-state index in [2.05, 4.69) is 21.9 Å². The number of rotatable bonds is 6. The normalized spacial score (nSPS) is 16.6. The van der Waals surface area contributed by atoms with Gasteiger partial charge in [0.2, 0.25) is 5.91 Å². The SMILES string of the molecule is CC(=O)N1CCCC1CN(C)Cc1coc2cc(Oc3nc4cnccc4s3)ccc12. The number of hydrogen-bond donors (Lipinski definition) is 0. The van der Waals surface area contributed by atoms with Crippen molar-refractivity contribution in [1.82, 2.24) is 19.8 Å². The first-order chi connectivity index (χ1) is 15.1. The number of ether oxygens (including phenoxy) is 1. The maximum atomic E-state index is 11.8. The van der Waals surface area contributed by atoms with Crippen LogP contribution in [0.3, 0.4) is 0 Å². The van der Waals surface area contributed by atoms with Crippen molar-refractivity contribution in [2.24, 2.45) is 0 Å². The lowest BCUT2D eigenvalue weighted by molar-refractivity contribution is -0.129. The van der Waals surface area contributed by atoms with Crippen LogP contribution in [0.4, 0.5) is 0 Å². The Hall–Kier alpha value is -2.97. The molecule has 0 spiro atoms. The molecule has 1 amide bonds. The second kappa shape index (κ2) is 8.28. The summed E-state index contributed by atoms with van der Waals surface area (Å²) in [5.74, 6) is 0.860. The number of hydrogen-bond acceptors (Lipinski definition) is 7. The monoisotopic (exact) mass is 436 g/mol. The van der Waals surface area contributed by atoms with Crippen LogP contribution in [-0.4, -0.2) is 51.9 Å². The van der Waals surface area contributed by atoms with E-state index in [1.54, 1.807) is 19.3 Å². The molecule has 4 aromatic rings. The quantitative estimate of drug-likeness (QED) is 0.437. The highest BCUT2D eigenvalue weighted by molar-refractivity contribution is 7.20. The van der Waals surface area contributed by atoms with Crippen LogP contribution in [-0.2, 0) is 11.3 Å². The second-order valence-electron chi connectivity index (χ2n) is 8.05. The van der Waals surface area contributed by atoms with E-state index >= 15 is 0 Å². The molecule has 160 valence electrons. The molecule has 0 N–H and O–H groups in total. The minimum Gasteiger partial charge on any atom is -0.464 e. The van der Waals surface area contributed by atoms with Crippen LogP contribution in [0, 0.1) is 0 Å². The van der Waals surface area contributed by atoms with Gasteiger partial charge in [0.05, 0.1) is 17.2 Å². The van der Waals surface area contributed by atoms with Crippen molar-refractivity contribution in [3.63, 3.8) is 0 Å². The van der Waals surface area contributed by atoms with E-state index in [1.807, 2.05) is 35.4 Å². The summed E-state index contributed by atoms with van der Waals surface area (Å²) in [7, 11) is 2.09. The number of likely N-dealkylation sites (tertiary alicyclic amines) is 1. The van der Waals surface area contributed by atoms with Gasteiger partial charge < -0.3 is 14.1 Å². The smallest absolute Gasteiger partial charge is 0.279 e. The maximum Gasteiger partial charge on any atom is 0.279 e. The van der Waals surface area contributed by atoms with Crippen LogP contribution < -0.4 is 4.74 Å². The Bertz CT molecular complexity index is 1200. The Morgan fingerprint density at radius 2 is 2.29 bits per heavy atom. The van der Waals surface area contributed by atoms with Gasteiger partial charge in [0.15, 0.2) is 0 Å². The maximum absolute atomic E-state index is 11.8. The van der Waals surface area contributed by atoms with Crippen molar-refractivity contribution in [2.45, 2.75) is 32.4 Å². The topological polar surface area (TPSA) is 71.7 Å². The Labute approximate surface area is 184 Å². The third-order valence-corrected chi connectivity index (χ3v) is 6.66. The van der Waals surface area contributed by atoms with Crippen LogP contribution in [0.2, 0.25) is 0 Å². The van der Waals surface area contributed by atoms with E-state index in [4.69, 9.17) is 9.15 Å². The van der Waals surface area contributed by atoms with Gasteiger partial charge in [0.1, 0.15) is 16.8 Å². The fraction of sp³-hybridized carbons (Fsp3) is 0.348. The number of carbonyl (C=O) groups is 1. The molecule has 0 aliphatic carbocycles. The molecule has 1 saturated heterocycles. The predicted molar refractivity (Wildman–Crippen MR) is 120 cm³/mol. The number of carbonyl (C=O) groups excluding carboxylic acids is 1. The summed E-state index contributed by atoms with van der Waals surface area (Å²) in [5.41, 5.74) is 2.75. The van der Waals surface area contributed by atoms with Crippen molar-refractivity contribution >= 4 is 38.4 Å². The zero-order chi connectivity index (χ0) is 21.4. The van der Waals surface area contributed by atoms with Crippen molar-refractivity contribution in [2.75, 3.05) is 20.1 Å². The molecule has 0 saturated carbocycles. The van der Waals surface area contributed by atoms with Gasteiger partial charge in [-0.25, -0.2) is 4.98 Å². The zero-order valence-electron chi connectivity index (χ0n) is 17.6. The molecule has 7 nitrogen and oxygen atoms in total. The third-order valence-electron chi connectivity index (χ3n) is 5.75. The molecule has 4 heterocycles. The summed E-state index contributed by atoms with van der Waals surface area (Å²) in [4.78, 5) is 24.6. The van der Waals surface area contributed by atoms with E-state index in [0.29, 0.717) is 17.0 Å². The number of pyridine rings is 1. The number of aromatic nitrogens is 2. The molecular formula is C23H24N4O3S. The van der Waals surface area contributed by atoms with E-state index in [9.17, 15) is 4.79 Å². The summed E-state index contributed by atoms with van der Waals surface area (Å²) < 4.78 is 12.8. The highest BCUT2D eigenvalue weighted by Gasteiger charge is 2.27. The fourth-order valence-electron chi connectivity index (χ4n) is 4.31. The number of fused-ring (bicyclic) bond motifs is 2. The summed E-state index contributed by atoms with van der Waals surface area (Å²) in [6, 6.07) is 8.10. The first kappa shape index (κ1) is 20.0. The minimum absolute atomic E-state index is 0.168. The van der Waals surface area contributed by atoms with Gasteiger partial charge >= 0.3 is 0 Å². The number of benzene rings is 1. The molecule has 1 aliphatic rings. The summed E-state index contributed by atoms with van der Waals surface area (Å²) >= 11 is 1.49. The number of amides is 1. The van der Waals surface area contributed by atoms with Crippen molar-refractivity contribution in [3.05, 3.63) is 48.5 Å². The van der Waals surface area contributed by atoms with Gasteiger partial charge in [-0.15, -0.1) is 0 Å². The van der Waals surface area contributed by atoms with Crippen molar-refractivity contribution in [3.8, 4) is 10.9 Å². The lowest BCUT2D eigenvalue weighted by atomic mass is 10.1. The Morgan fingerprint density at radius 3 is 3.13 bits per heavy atom. The van der Waals surface area contributed by atoms with Crippen molar-refractivity contribution < 1.29 is 13.9 Å². The third kappa shape index (κ3) is 4.13. The number of thiazole rings is 1. The van der Waals surface area contributed by atoms with Crippen LogP contribution in [0.15, 0.2) is 47.3 Å².